The summed E-state index contributed by atoms with van der Waals surface area (Å²) in [5, 5.41) is 9.98. The predicted octanol–water partition coefficient (Wildman–Crippen LogP) is 3.64. The molecule has 0 saturated heterocycles. The number of carbonyl (C=O) groups is 1. The van der Waals surface area contributed by atoms with Gasteiger partial charge in [-0.1, -0.05) is 48.5 Å². The fourth-order valence-corrected chi connectivity index (χ4v) is 3.05. The Bertz CT molecular complexity index is 857. The maximum absolute atomic E-state index is 12.6. The first-order chi connectivity index (χ1) is 12.7. The molecular formula is C21H24N4O. The maximum Gasteiger partial charge on any atom is 0.255 e. The Labute approximate surface area is 154 Å². The van der Waals surface area contributed by atoms with Crippen molar-refractivity contribution in [1.82, 2.24) is 15.5 Å². The molecule has 3 rings (SSSR count). The van der Waals surface area contributed by atoms with Crippen LogP contribution in [-0.4, -0.2) is 35.7 Å². The molecule has 3 aromatic rings. The number of aromatic amines is 1. The van der Waals surface area contributed by atoms with Gasteiger partial charge in [0.1, 0.15) is 0 Å². The van der Waals surface area contributed by atoms with E-state index in [9.17, 15) is 4.79 Å². The lowest BCUT2D eigenvalue weighted by Gasteiger charge is -2.25. The van der Waals surface area contributed by atoms with Crippen molar-refractivity contribution in [3.8, 4) is 11.3 Å². The zero-order chi connectivity index (χ0) is 18.4. The average molecular weight is 348 g/mol. The number of benzene rings is 2. The highest BCUT2D eigenvalue weighted by atomic mass is 16.1. The number of rotatable bonds is 7. The van der Waals surface area contributed by atoms with E-state index in [1.807, 2.05) is 42.5 Å². The number of hydrogen-bond donors (Lipinski definition) is 2. The van der Waals surface area contributed by atoms with Crippen LogP contribution >= 0.6 is 0 Å². The van der Waals surface area contributed by atoms with Gasteiger partial charge in [-0.3, -0.25) is 9.89 Å². The second-order valence-electron chi connectivity index (χ2n) is 6.15. The topological polar surface area (TPSA) is 61.0 Å². The molecule has 0 bridgehead atoms. The maximum atomic E-state index is 12.6. The van der Waals surface area contributed by atoms with E-state index < -0.39 is 0 Å². The van der Waals surface area contributed by atoms with E-state index >= 15 is 0 Å². The van der Waals surface area contributed by atoms with Crippen molar-refractivity contribution < 1.29 is 4.79 Å². The van der Waals surface area contributed by atoms with Gasteiger partial charge in [-0.2, -0.15) is 5.10 Å². The summed E-state index contributed by atoms with van der Waals surface area (Å²) in [6.07, 6.45) is 1.58. The summed E-state index contributed by atoms with van der Waals surface area (Å²) in [5.74, 6) is -0.113. The number of para-hydroxylation sites is 1. The predicted molar refractivity (Wildman–Crippen MR) is 105 cm³/mol. The SMILES string of the molecule is CCN(CCNC(=O)c1cn[nH]c1-c1ccccc1)c1ccccc1C. The summed E-state index contributed by atoms with van der Waals surface area (Å²) < 4.78 is 0. The van der Waals surface area contributed by atoms with Gasteiger partial charge in [0.15, 0.2) is 0 Å². The van der Waals surface area contributed by atoms with Gasteiger partial charge in [0.25, 0.3) is 5.91 Å². The highest BCUT2D eigenvalue weighted by molar-refractivity contribution is 5.99. The van der Waals surface area contributed by atoms with Crippen LogP contribution < -0.4 is 10.2 Å². The van der Waals surface area contributed by atoms with Crippen molar-refractivity contribution in [3.63, 3.8) is 0 Å². The molecular weight excluding hydrogens is 324 g/mol. The Morgan fingerprint density at radius 1 is 1.12 bits per heavy atom. The average Bonchev–Trinajstić information content (AvgIpc) is 3.17. The lowest BCUT2D eigenvalue weighted by atomic mass is 10.1. The summed E-state index contributed by atoms with van der Waals surface area (Å²) in [4.78, 5) is 14.9. The Hall–Kier alpha value is -3.08. The lowest BCUT2D eigenvalue weighted by Crippen LogP contribution is -2.35. The van der Waals surface area contributed by atoms with Gasteiger partial charge in [0.2, 0.25) is 0 Å². The van der Waals surface area contributed by atoms with Crippen molar-refractivity contribution in [2.24, 2.45) is 0 Å². The summed E-state index contributed by atoms with van der Waals surface area (Å²) in [6.45, 7) is 6.44. The molecule has 0 aliphatic heterocycles. The Balaban J connectivity index is 1.63. The minimum atomic E-state index is -0.113. The van der Waals surface area contributed by atoms with Crippen LogP contribution in [0.4, 0.5) is 5.69 Å². The van der Waals surface area contributed by atoms with Crippen LogP contribution in [0, 0.1) is 6.92 Å². The first-order valence-corrected chi connectivity index (χ1v) is 8.88. The lowest BCUT2D eigenvalue weighted by molar-refractivity contribution is 0.0955. The number of anilines is 1. The number of H-pyrrole nitrogens is 1. The normalized spacial score (nSPS) is 10.5. The molecule has 1 heterocycles. The van der Waals surface area contributed by atoms with Crippen LogP contribution in [-0.2, 0) is 0 Å². The molecule has 0 radical (unpaired) electrons. The molecule has 0 aliphatic carbocycles. The van der Waals surface area contributed by atoms with Crippen molar-refractivity contribution in [1.29, 1.82) is 0 Å². The fraction of sp³-hybridized carbons (Fsp3) is 0.238. The Morgan fingerprint density at radius 3 is 2.58 bits per heavy atom. The second-order valence-corrected chi connectivity index (χ2v) is 6.15. The smallest absolute Gasteiger partial charge is 0.255 e. The number of aromatic nitrogens is 2. The van der Waals surface area contributed by atoms with Gasteiger partial charge in [0, 0.05) is 30.9 Å². The molecule has 0 unspecified atom stereocenters. The highest BCUT2D eigenvalue weighted by Crippen LogP contribution is 2.21. The number of likely N-dealkylation sites (N-methyl/N-ethyl adjacent to an activating group) is 1. The molecule has 1 amide bonds. The molecule has 1 aromatic heterocycles. The van der Waals surface area contributed by atoms with E-state index in [-0.39, 0.29) is 5.91 Å². The van der Waals surface area contributed by atoms with Crippen molar-refractivity contribution >= 4 is 11.6 Å². The van der Waals surface area contributed by atoms with Crippen LogP contribution in [0.1, 0.15) is 22.8 Å². The molecule has 0 aliphatic rings. The Morgan fingerprint density at radius 2 is 1.85 bits per heavy atom. The van der Waals surface area contributed by atoms with Crippen LogP contribution in [0.15, 0.2) is 60.8 Å². The molecule has 134 valence electrons. The van der Waals surface area contributed by atoms with Crippen LogP contribution in [0.25, 0.3) is 11.3 Å². The fourth-order valence-electron chi connectivity index (χ4n) is 3.05. The van der Waals surface area contributed by atoms with Gasteiger partial charge in [-0.05, 0) is 25.5 Å². The number of amides is 1. The minimum Gasteiger partial charge on any atom is -0.370 e. The third kappa shape index (κ3) is 3.94. The Kier molecular flexibility index (Phi) is 5.69. The largest absolute Gasteiger partial charge is 0.370 e. The van der Waals surface area contributed by atoms with Gasteiger partial charge < -0.3 is 10.2 Å². The van der Waals surface area contributed by atoms with E-state index in [1.165, 1.54) is 11.3 Å². The molecule has 0 fully saturated rings. The quantitative estimate of drug-likeness (QED) is 0.685. The van der Waals surface area contributed by atoms with Gasteiger partial charge in [0.05, 0.1) is 17.5 Å². The molecule has 0 spiro atoms. The summed E-state index contributed by atoms with van der Waals surface area (Å²) in [6, 6.07) is 18.1. The zero-order valence-electron chi connectivity index (χ0n) is 15.2. The third-order valence-corrected chi connectivity index (χ3v) is 4.45. The molecule has 5 nitrogen and oxygen atoms in total. The minimum absolute atomic E-state index is 0.113. The molecule has 5 heteroatoms. The monoisotopic (exact) mass is 348 g/mol. The van der Waals surface area contributed by atoms with Crippen molar-refractivity contribution in [2.45, 2.75) is 13.8 Å². The summed E-state index contributed by atoms with van der Waals surface area (Å²) in [5.41, 5.74) is 4.70. The highest BCUT2D eigenvalue weighted by Gasteiger charge is 2.15. The van der Waals surface area contributed by atoms with Crippen LogP contribution in [0.2, 0.25) is 0 Å². The van der Waals surface area contributed by atoms with E-state index in [0.717, 1.165) is 24.3 Å². The molecule has 0 atom stereocenters. The number of nitrogens with one attached hydrogen (secondary N) is 2. The van der Waals surface area contributed by atoms with Crippen LogP contribution in [0.3, 0.4) is 0 Å². The summed E-state index contributed by atoms with van der Waals surface area (Å²) in [7, 11) is 0. The van der Waals surface area contributed by atoms with Crippen molar-refractivity contribution in [3.05, 3.63) is 71.9 Å². The van der Waals surface area contributed by atoms with E-state index in [0.29, 0.717) is 12.1 Å². The number of hydrogen-bond acceptors (Lipinski definition) is 3. The molecule has 26 heavy (non-hydrogen) atoms. The van der Waals surface area contributed by atoms with Crippen molar-refractivity contribution in [2.75, 3.05) is 24.5 Å². The van der Waals surface area contributed by atoms with E-state index in [1.54, 1.807) is 6.20 Å². The molecule has 0 saturated carbocycles. The van der Waals surface area contributed by atoms with E-state index in [2.05, 4.69) is 46.4 Å². The molecule has 2 aromatic carbocycles. The molecule has 2 N–H and O–H groups in total. The summed E-state index contributed by atoms with van der Waals surface area (Å²) >= 11 is 0. The first kappa shape index (κ1) is 17.7. The van der Waals surface area contributed by atoms with Gasteiger partial charge in [-0.25, -0.2) is 0 Å². The second kappa shape index (κ2) is 8.34. The van der Waals surface area contributed by atoms with Gasteiger partial charge >= 0.3 is 0 Å². The van der Waals surface area contributed by atoms with E-state index in [4.69, 9.17) is 0 Å². The number of carbonyl (C=O) groups excluding carboxylic acids is 1. The first-order valence-electron chi connectivity index (χ1n) is 8.88. The zero-order valence-corrected chi connectivity index (χ0v) is 15.2. The number of aryl methyl sites for hydroxylation is 1. The number of nitrogens with zero attached hydrogens (tertiary/aromatic N) is 2. The standard InChI is InChI=1S/C21H24N4O/c1-3-25(19-12-8-7-9-16(19)2)14-13-22-21(26)18-15-23-24-20(18)17-10-5-4-6-11-17/h4-12,15H,3,13-14H2,1-2H3,(H,22,26)(H,23,24). The van der Waals surface area contributed by atoms with Gasteiger partial charge in [-0.15, -0.1) is 0 Å². The van der Waals surface area contributed by atoms with Crippen LogP contribution in [0.5, 0.6) is 0 Å². The third-order valence-electron chi connectivity index (χ3n) is 4.45.